The highest BCUT2D eigenvalue weighted by Gasteiger charge is 2.28. The van der Waals surface area contributed by atoms with Gasteiger partial charge in [-0.05, 0) is 40.5 Å². The molecule has 112 valence electrons. The summed E-state index contributed by atoms with van der Waals surface area (Å²) >= 11 is 0. The summed E-state index contributed by atoms with van der Waals surface area (Å²) < 4.78 is 1.82. The van der Waals surface area contributed by atoms with E-state index in [9.17, 15) is 9.90 Å². The molecule has 1 saturated heterocycles. The molecule has 0 radical (unpaired) electrons. The molecular formula is C15H25N3O2. The summed E-state index contributed by atoms with van der Waals surface area (Å²) in [5, 5.41) is 14.0. The second kappa shape index (κ2) is 5.56. The van der Waals surface area contributed by atoms with E-state index < -0.39 is 0 Å². The van der Waals surface area contributed by atoms with Gasteiger partial charge in [-0.3, -0.25) is 9.48 Å². The zero-order valence-electron chi connectivity index (χ0n) is 12.8. The molecule has 20 heavy (non-hydrogen) atoms. The highest BCUT2D eigenvalue weighted by atomic mass is 16.3. The number of aliphatic hydroxyl groups is 1. The van der Waals surface area contributed by atoms with Crippen molar-refractivity contribution in [1.82, 2.24) is 14.7 Å². The minimum absolute atomic E-state index is 0.0193. The highest BCUT2D eigenvalue weighted by Crippen LogP contribution is 2.22. The zero-order valence-corrected chi connectivity index (χ0v) is 12.8. The number of rotatable bonds is 2. The lowest BCUT2D eigenvalue weighted by atomic mass is 9.93. The summed E-state index contributed by atoms with van der Waals surface area (Å²) in [7, 11) is 0. The molecule has 0 bridgehead atoms. The molecule has 1 amide bonds. The first-order valence-corrected chi connectivity index (χ1v) is 7.31. The minimum Gasteiger partial charge on any atom is -0.393 e. The first-order valence-electron chi connectivity index (χ1n) is 7.31. The van der Waals surface area contributed by atoms with Gasteiger partial charge < -0.3 is 10.0 Å². The third kappa shape index (κ3) is 3.20. The number of aromatic nitrogens is 2. The average molecular weight is 279 g/mol. The van der Waals surface area contributed by atoms with E-state index in [1.54, 1.807) is 13.1 Å². The summed E-state index contributed by atoms with van der Waals surface area (Å²) in [6.07, 6.45) is 5.04. The van der Waals surface area contributed by atoms with E-state index in [1.165, 1.54) is 0 Å². The molecular weight excluding hydrogens is 254 g/mol. The van der Waals surface area contributed by atoms with Gasteiger partial charge >= 0.3 is 0 Å². The van der Waals surface area contributed by atoms with Crippen LogP contribution in [0, 0.1) is 5.92 Å². The van der Waals surface area contributed by atoms with Crippen LogP contribution in [0.25, 0.3) is 0 Å². The topological polar surface area (TPSA) is 58.4 Å². The Morgan fingerprint density at radius 3 is 2.75 bits per heavy atom. The van der Waals surface area contributed by atoms with Gasteiger partial charge in [-0.2, -0.15) is 5.10 Å². The molecule has 2 atom stereocenters. The molecule has 1 aliphatic heterocycles. The Morgan fingerprint density at radius 1 is 1.50 bits per heavy atom. The summed E-state index contributed by atoms with van der Waals surface area (Å²) in [5.41, 5.74) is 0.508. The van der Waals surface area contributed by atoms with Crippen LogP contribution in [0.3, 0.4) is 0 Å². The van der Waals surface area contributed by atoms with Crippen molar-refractivity contribution in [3.63, 3.8) is 0 Å². The Kier molecular flexibility index (Phi) is 4.18. The number of carbonyl (C=O) groups excluding carboxylic acids is 1. The number of piperidine rings is 1. The van der Waals surface area contributed by atoms with Crippen molar-refractivity contribution in [2.24, 2.45) is 5.92 Å². The molecule has 1 N–H and O–H groups in total. The van der Waals surface area contributed by atoms with Crippen LogP contribution in [0.5, 0.6) is 0 Å². The van der Waals surface area contributed by atoms with E-state index in [1.807, 2.05) is 15.8 Å². The van der Waals surface area contributed by atoms with Gasteiger partial charge in [0, 0.05) is 25.2 Å². The molecule has 2 heterocycles. The maximum atomic E-state index is 12.5. The lowest BCUT2D eigenvalue weighted by Crippen LogP contribution is -2.42. The number of amides is 1. The van der Waals surface area contributed by atoms with Crippen LogP contribution in [0.2, 0.25) is 0 Å². The normalized spacial score (nSPS) is 21.9. The number of carbonyl (C=O) groups is 1. The summed E-state index contributed by atoms with van der Waals surface area (Å²) in [5.74, 6) is 0.205. The van der Waals surface area contributed by atoms with Crippen LogP contribution in [0.1, 0.15) is 50.9 Å². The van der Waals surface area contributed by atoms with E-state index in [4.69, 9.17) is 0 Å². The third-order valence-electron chi connectivity index (χ3n) is 3.94. The zero-order chi connectivity index (χ0) is 14.9. The van der Waals surface area contributed by atoms with Crippen LogP contribution in [0.4, 0.5) is 0 Å². The van der Waals surface area contributed by atoms with Crippen LogP contribution < -0.4 is 0 Å². The molecule has 2 rings (SSSR count). The molecule has 1 aromatic heterocycles. The van der Waals surface area contributed by atoms with Crippen molar-refractivity contribution in [3.05, 3.63) is 18.0 Å². The average Bonchev–Trinajstić information content (AvgIpc) is 2.87. The number of nitrogens with zero attached hydrogens (tertiary/aromatic N) is 3. The summed E-state index contributed by atoms with van der Waals surface area (Å²) in [6.45, 7) is 9.37. The fourth-order valence-corrected chi connectivity index (χ4v) is 2.57. The van der Waals surface area contributed by atoms with Crippen molar-refractivity contribution in [2.45, 2.75) is 52.2 Å². The predicted molar refractivity (Wildman–Crippen MR) is 77.5 cm³/mol. The molecule has 1 aromatic rings. The fourth-order valence-electron chi connectivity index (χ4n) is 2.57. The Balaban J connectivity index is 2.09. The van der Waals surface area contributed by atoms with Gasteiger partial charge in [0.15, 0.2) is 0 Å². The van der Waals surface area contributed by atoms with Crippen molar-refractivity contribution < 1.29 is 9.90 Å². The third-order valence-corrected chi connectivity index (χ3v) is 3.94. The maximum absolute atomic E-state index is 12.5. The van der Waals surface area contributed by atoms with Gasteiger partial charge in [0.2, 0.25) is 0 Å². The van der Waals surface area contributed by atoms with E-state index in [0.29, 0.717) is 12.1 Å². The van der Waals surface area contributed by atoms with Crippen molar-refractivity contribution in [1.29, 1.82) is 0 Å². The Bertz CT molecular complexity index is 474. The molecule has 2 unspecified atom stereocenters. The van der Waals surface area contributed by atoms with E-state index >= 15 is 0 Å². The standard InChI is InChI=1S/C15H25N3O2/c1-11(19)12-6-5-7-17(9-12)14(20)13-8-16-18(10-13)15(2,3)4/h8,10-12,19H,5-7,9H2,1-4H3. The van der Waals surface area contributed by atoms with Gasteiger partial charge in [-0.15, -0.1) is 0 Å². The maximum Gasteiger partial charge on any atom is 0.257 e. The second-order valence-electron chi connectivity index (χ2n) is 6.74. The smallest absolute Gasteiger partial charge is 0.257 e. The van der Waals surface area contributed by atoms with Gasteiger partial charge in [-0.1, -0.05) is 0 Å². The Labute approximate surface area is 120 Å². The monoisotopic (exact) mass is 279 g/mol. The predicted octanol–water partition coefficient (Wildman–Crippen LogP) is 1.87. The summed E-state index contributed by atoms with van der Waals surface area (Å²) in [6, 6.07) is 0. The van der Waals surface area contributed by atoms with Crippen molar-refractivity contribution in [2.75, 3.05) is 13.1 Å². The number of hydrogen-bond acceptors (Lipinski definition) is 3. The fraction of sp³-hybridized carbons (Fsp3) is 0.733. The molecule has 1 aliphatic rings. The molecule has 0 aliphatic carbocycles. The lowest BCUT2D eigenvalue weighted by Gasteiger charge is -2.34. The number of likely N-dealkylation sites (tertiary alicyclic amines) is 1. The van der Waals surface area contributed by atoms with Crippen LogP contribution in [-0.4, -0.2) is 44.9 Å². The van der Waals surface area contributed by atoms with Gasteiger partial charge in [-0.25, -0.2) is 0 Å². The number of hydrogen-bond donors (Lipinski definition) is 1. The molecule has 0 spiro atoms. The van der Waals surface area contributed by atoms with Crippen molar-refractivity contribution in [3.8, 4) is 0 Å². The Hall–Kier alpha value is -1.36. The highest BCUT2D eigenvalue weighted by molar-refractivity contribution is 5.93. The number of aliphatic hydroxyl groups excluding tert-OH is 1. The molecule has 5 nitrogen and oxygen atoms in total. The van der Waals surface area contributed by atoms with Gasteiger partial charge in [0.1, 0.15) is 0 Å². The molecule has 0 aromatic carbocycles. The second-order valence-corrected chi connectivity index (χ2v) is 6.74. The largest absolute Gasteiger partial charge is 0.393 e. The van der Waals surface area contributed by atoms with Gasteiger partial charge in [0.25, 0.3) is 5.91 Å². The quantitative estimate of drug-likeness (QED) is 0.899. The van der Waals surface area contributed by atoms with E-state index in [2.05, 4.69) is 25.9 Å². The van der Waals surface area contributed by atoms with Gasteiger partial charge in [0.05, 0.1) is 23.4 Å². The first kappa shape index (κ1) is 15.0. The van der Waals surface area contributed by atoms with Crippen LogP contribution in [0.15, 0.2) is 12.4 Å². The van der Waals surface area contributed by atoms with Crippen LogP contribution in [-0.2, 0) is 5.54 Å². The van der Waals surface area contributed by atoms with E-state index in [-0.39, 0.29) is 23.5 Å². The SMILES string of the molecule is CC(O)C1CCCN(C(=O)c2cnn(C(C)(C)C)c2)C1. The van der Waals surface area contributed by atoms with Crippen LogP contribution >= 0.6 is 0 Å². The summed E-state index contributed by atoms with van der Waals surface area (Å²) in [4.78, 5) is 14.3. The molecule has 5 heteroatoms. The Morgan fingerprint density at radius 2 is 2.20 bits per heavy atom. The molecule has 1 fully saturated rings. The van der Waals surface area contributed by atoms with Crippen molar-refractivity contribution >= 4 is 5.91 Å². The first-order chi connectivity index (χ1) is 9.29. The lowest BCUT2D eigenvalue weighted by molar-refractivity contribution is 0.0466. The molecule has 0 saturated carbocycles. The minimum atomic E-state index is -0.358. The van der Waals surface area contributed by atoms with E-state index in [0.717, 1.165) is 19.4 Å².